The van der Waals surface area contributed by atoms with Crippen molar-refractivity contribution in [2.75, 3.05) is 90.0 Å². The Balaban J connectivity index is 1.30. The number of aromatic nitrogens is 4. The molecule has 5 N–H and O–H groups in total. The standard InChI is InChI=1S/C33H49ClFN7O8S/c1-24(43)38-27(23-51-33-39-28-29(40-32(36)41-31(28)45)42(33)22-25-8-4-5-9-26(25)35)30(44)37-11-13-47-15-17-49-19-21-50-20-18-48-16-14-46-12-7-3-2-6-10-34/h4-5,8-9,27H,2-3,6-7,10-23H2,1H3,(H,37,44)(H,38,43)(H3,36,40,41,45)/t27-/m0/s1. The number of fused-ring (bicyclic) bond motifs is 1. The molecule has 0 bridgehead atoms. The number of anilines is 1. The number of amides is 2. The second-order valence-electron chi connectivity index (χ2n) is 11.2. The molecule has 0 fully saturated rings. The Morgan fingerprint density at radius 2 is 1.53 bits per heavy atom. The van der Waals surface area contributed by atoms with E-state index in [-0.39, 0.29) is 42.6 Å². The van der Waals surface area contributed by atoms with E-state index in [9.17, 15) is 18.8 Å². The van der Waals surface area contributed by atoms with E-state index in [0.29, 0.717) is 69.5 Å². The van der Waals surface area contributed by atoms with E-state index in [1.54, 1.807) is 22.8 Å². The number of carbonyl (C=O) groups is 2. The molecule has 2 aromatic heterocycles. The Morgan fingerprint density at radius 1 is 0.922 bits per heavy atom. The lowest BCUT2D eigenvalue weighted by molar-refractivity contribution is -0.127. The third-order valence-corrected chi connectivity index (χ3v) is 8.49. The maximum Gasteiger partial charge on any atom is 0.280 e. The van der Waals surface area contributed by atoms with Gasteiger partial charge in [-0.3, -0.25) is 23.9 Å². The molecule has 0 saturated carbocycles. The van der Waals surface area contributed by atoms with Gasteiger partial charge in [-0.05, 0) is 18.9 Å². The van der Waals surface area contributed by atoms with Crippen LogP contribution in [0.15, 0.2) is 34.2 Å². The Labute approximate surface area is 305 Å². The lowest BCUT2D eigenvalue weighted by Crippen LogP contribution is -2.48. The third kappa shape index (κ3) is 16.3. The number of carbonyl (C=O) groups excluding carboxylic acids is 2. The average molecular weight is 758 g/mol. The van der Waals surface area contributed by atoms with Crippen molar-refractivity contribution in [3.63, 3.8) is 0 Å². The highest BCUT2D eigenvalue weighted by Gasteiger charge is 2.23. The van der Waals surface area contributed by atoms with Crippen molar-refractivity contribution >= 4 is 52.3 Å². The summed E-state index contributed by atoms with van der Waals surface area (Å²) in [5, 5.41) is 5.68. The van der Waals surface area contributed by atoms with Gasteiger partial charge in [0.25, 0.3) is 5.56 Å². The summed E-state index contributed by atoms with van der Waals surface area (Å²) in [7, 11) is 0. The molecule has 1 atom stereocenters. The first kappa shape index (κ1) is 42.1. The number of nitrogens with two attached hydrogens (primary N) is 1. The van der Waals surface area contributed by atoms with Crippen LogP contribution in [0.2, 0.25) is 0 Å². The Hall–Kier alpha value is -3.32. The minimum atomic E-state index is -0.936. The third-order valence-electron chi connectivity index (χ3n) is 7.15. The van der Waals surface area contributed by atoms with E-state index in [1.807, 2.05) is 0 Å². The number of thioether (sulfide) groups is 1. The van der Waals surface area contributed by atoms with Crippen molar-refractivity contribution in [3.05, 3.63) is 46.0 Å². The van der Waals surface area contributed by atoms with Crippen molar-refractivity contribution in [1.82, 2.24) is 30.2 Å². The number of imidazole rings is 1. The van der Waals surface area contributed by atoms with Crippen LogP contribution in [-0.4, -0.2) is 122 Å². The van der Waals surface area contributed by atoms with E-state index in [2.05, 4.69) is 25.6 Å². The van der Waals surface area contributed by atoms with Gasteiger partial charge >= 0.3 is 0 Å². The zero-order chi connectivity index (χ0) is 36.7. The van der Waals surface area contributed by atoms with Crippen molar-refractivity contribution < 1.29 is 37.7 Å². The summed E-state index contributed by atoms with van der Waals surface area (Å²) < 4.78 is 43.6. The molecular weight excluding hydrogens is 709 g/mol. The van der Waals surface area contributed by atoms with Gasteiger partial charge in [-0.25, -0.2) is 9.37 Å². The van der Waals surface area contributed by atoms with Crippen LogP contribution < -0.4 is 21.9 Å². The highest BCUT2D eigenvalue weighted by Crippen LogP contribution is 2.24. The van der Waals surface area contributed by atoms with Crippen molar-refractivity contribution in [1.29, 1.82) is 0 Å². The summed E-state index contributed by atoms with van der Waals surface area (Å²) in [6.07, 6.45) is 4.36. The van der Waals surface area contributed by atoms with E-state index in [0.717, 1.165) is 44.1 Å². The first-order valence-corrected chi connectivity index (χ1v) is 18.4. The predicted octanol–water partition coefficient (Wildman–Crippen LogP) is 2.48. The van der Waals surface area contributed by atoms with Gasteiger partial charge in [0, 0.05) is 37.3 Å². The van der Waals surface area contributed by atoms with Gasteiger partial charge in [0.05, 0.1) is 66.0 Å². The van der Waals surface area contributed by atoms with Crippen molar-refractivity contribution in [2.24, 2.45) is 0 Å². The minimum absolute atomic E-state index is 0.00863. The lowest BCUT2D eigenvalue weighted by atomic mass is 10.2. The van der Waals surface area contributed by atoms with Crippen LogP contribution in [0.25, 0.3) is 11.2 Å². The number of ether oxygens (including phenoxy) is 5. The van der Waals surface area contributed by atoms with E-state index < -0.39 is 29.2 Å². The highest BCUT2D eigenvalue weighted by atomic mass is 35.5. The fourth-order valence-corrected chi connectivity index (χ4v) is 5.85. The molecule has 3 aromatic rings. The van der Waals surface area contributed by atoms with Crippen LogP contribution in [0.4, 0.5) is 10.3 Å². The number of nitrogens with zero attached hydrogens (tertiary/aromatic N) is 3. The van der Waals surface area contributed by atoms with E-state index in [1.165, 1.54) is 13.0 Å². The molecule has 0 aliphatic carbocycles. The Bertz CT molecular complexity index is 1530. The molecule has 0 radical (unpaired) electrons. The van der Waals surface area contributed by atoms with Crippen LogP contribution in [0.5, 0.6) is 0 Å². The molecule has 51 heavy (non-hydrogen) atoms. The number of benzene rings is 1. The number of hydrogen-bond acceptors (Lipinski definition) is 12. The number of nitrogens with one attached hydrogen (secondary N) is 3. The molecule has 284 valence electrons. The van der Waals surface area contributed by atoms with Gasteiger partial charge in [-0.1, -0.05) is 42.8 Å². The fourth-order valence-electron chi connectivity index (χ4n) is 4.65. The van der Waals surface area contributed by atoms with Gasteiger partial charge in [0.15, 0.2) is 16.3 Å². The number of alkyl halides is 1. The number of hydrogen-bond donors (Lipinski definition) is 4. The summed E-state index contributed by atoms with van der Waals surface area (Å²) in [4.78, 5) is 48.4. The monoisotopic (exact) mass is 757 g/mol. The maximum absolute atomic E-state index is 14.5. The molecule has 2 amide bonds. The Morgan fingerprint density at radius 3 is 2.16 bits per heavy atom. The molecule has 2 heterocycles. The lowest BCUT2D eigenvalue weighted by Gasteiger charge is -2.17. The van der Waals surface area contributed by atoms with Gasteiger partial charge in [-0.15, -0.1) is 11.6 Å². The van der Waals surface area contributed by atoms with Crippen LogP contribution in [0.1, 0.15) is 38.2 Å². The van der Waals surface area contributed by atoms with Crippen molar-refractivity contribution in [3.8, 4) is 0 Å². The van der Waals surface area contributed by atoms with Crippen LogP contribution in [-0.2, 0) is 39.8 Å². The quantitative estimate of drug-likeness (QED) is 0.0481. The van der Waals surface area contributed by atoms with Gasteiger partial charge < -0.3 is 40.1 Å². The van der Waals surface area contributed by atoms with Crippen LogP contribution in [0, 0.1) is 5.82 Å². The highest BCUT2D eigenvalue weighted by molar-refractivity contribution is 7.99. The molecule has 0 aliphatic heterocycles. The van der Waals surface area contributed by atoms with Gasteiger partial charge in [0.1, 0.15) is 11.9 Å². The molecule has 1 aromatic carbocycles. The van der Waals surface area contributed by atoms with Crippen LogP contribution in [0.3, 0.4) is 0 Å². The van der Waals surface area contributed by atoms with Crippen LogP contribution >= 0.6 is 23.4 Å². The number of aromatic amines is 1. The zero-order valence-corrected chi connectivity index (χ0v) is 30.5. The van der Waals surface area contributed by atoms with Crippen molar-refractivity contribution in [2.45, 2.75) is 50.4 Å². The molecule has 15 nitrogen and oxygen atoms in total. The van der Waals surface area contributed by atoms with Gasteiger partial charge in [-0.2, -0.15) is 4.98 Å². The topological polar surface area (TPSA) is 194 Å². The average Bonchev–Trinajstić information content (AvgIpc) is 3.44. The molecular formula is C33H49ClFN7O8S. The largest absolute Gasteiger partial charge is 0.379 e. The number of halogens is 2. The summed E-state index contributed by atoms with van der Waals surface area (Å²) in [5.74, 6) is -0.623. The van der Waals surface area contributed by atoms with E-state index >= 15 is 0 Å². The molecule has 0 aliphatic rings. The van der Waals surface area contributed by atoms with Gasteiger partial charge in [0.2, 0.25) is 17.8 Å². The summed E-state index contributed by atoms with van der Waals surface area (Å²) >= 11 is 6.76. The molecule has 3 rings (SSSR count). The molecule has 18 heteroatoms. The summed E-state index contributed by atoms with van der Waals surface area (Å²) in [6.45, 7) is 6.07. The number of nitrogen functional groups attached to an aromatic ring is 1. The second kappa shape index (κ2) is 24.8. The minimum Gasteiger partial charge on any atom is -0.379 e. The molecule has 0 spiro atoms. The first-order valence-electron chi connectivity index (χ1n) is 16.9. The summed E-state index contributed by atoms with van der Waals surface area (Å²) in [5.41, 5.74) is 5.73. The second-order valence-corrected chi connectivity index (χ2v) is 12.6. The number of H-pyrrole nitrogens is 1. The number of rotatable bonds is 28. The maximum atomic E-state index is 14.5. The zero-order valence-electron chi connectivity index (χ0n) is 29.0. The first-order chi connectivity index (χ1) is 24.8. The normalized spacial score (nSPS) is 12.0. The Kier molecular flexibility index (Phi) is 20.5. The fraction of sp³-hybridized carbons (Fsp3) is 0.606. The molecule has 0 saturated heterocycles. The molecule has 0 unspecified atom stereocenters. The number of unbranched alkanes of at least 4 members (excludes halogenated alkanes) is 3. The SMILES string of the molecule is CC(=O)N[C@@H](CSc1nc2c(=O)[nH]c(N)nc2n1Cc1ccccc1F)C(=O)NCCOCCOCCOCCOCCOCCCCCCCl. The summed E-state index contributed by atoms with van der Waals surface area (Å²) in [6, 6.07) is 5.25. The predicted molar refractivity (Wildman–Crippen MR) is 193 cm³/mol. The van der Waals surface area contributed by atoms with E-state index in [4.69, 9.17) is 41.0 Å². The smallest absolute Gasteiger partial charge is 0.280 e.